The van der Waals surface area contributed by atoms with E-state index in [1.165, 1.54) is 0 Å². The molecule has 0 radical (unpaired) electrons. The SMILES string of the molecule is Br.Br.Br.Br.[H-].[H-].[Na+].[Na+]. The molecule has 0 aromatic heterocycles. The minimum absolute atomic E-state index is 0. The van der Waals surface area contributed by atoms with E-state index in [0.29, 0.717) is 0 Å². The van der Waals surface area contributed by atoms with Crippen LogP contribution in [0, 0.1) is 0 Å². The van der Waals surface area contributed by atoms with E-state index in [4.69, 9.17) is 0 Å². The zero-order valence-electron chi connectivity index (χ0n) is 5.63. The van der Waals surface area contributed by atoms with Gasteiger partial charge in [0.05, 0.1) is 0 Å². The normalized spacial score (nSPS) is 0. The van der Waals surface area contributed by atoms with Gasteiger partial charge in [-0.1, -0.05) is 0 Å². The molecule has 0 N–H and O–H groups in total. The van der Waals surface area contributed by atoms with E-state index in [9.17, 15) is 0 Å². The second-order valence-electron chi connectivity index (χ2n) is 0. The molecule has 0 unspecified atom stereocenters. The van der Waals surface area contributed by atoms with E-state index in [-0.39, 0.29) is 130 Å². The Bertz CT molecular complexity index is 12.0. The minimum atomic E-state index is 0. The molecule has 0 nitrogen and oxygen atoms in total. The maximum absolute atomic E-state index is 0. The molecule has 0 aromatic carbocycles. The van der Waals surface area contributed by atoms with Gasteiger partial charge < -0.3 is 2.85 Å². The molecule has 0 aromatic rings. The molecule has 0 aliphatic heterocycles. The summed E-state index contributed by atoms with van der Waals surface area (Å²) in [5, 5.41) is 0. The Labute approximate surface area is 127 Å². The summed E-state index contributed by atoms with van der Waals surface area (Å²) in [4.78, 5) is 0. The molecule has 0 bridgehead atoms. The zero-order valence-corrected chi connectivity index (χ0v) is 14.5. The Balaban J connectivity index is 0. The summed E-state index contributed by atoms with van der Waals surface area (Å²) in [7, 11) is 0. The summed E-state index contributed by atoms with van der Waals surface area (Å²) in [6, 6.07) is 0. The Morgan fingerprint density at radius 1 is 0.500 bits per heavy atom. The van der Waals surface area contributed by atoms with Gasteiger partial charge in [-0.3, -0.25) is 0 Å². The fourth-order valence-electron chi connectivity index (χ4n) is 0. The van der Waals surface area contributed by atoms with Crippen molar-refractivity contribution in [2.24, 2.45) is 0 Å². The molecule has 36 valence electrons. The third kappa shape index (κ3) is 24.7. The number of halogens is 4. The average Bonchev–Trinajstić information content (AvgIpc) is 0. The molecule has 0 heterocycles. The largest absolute Gasteiger partial charge is 1.00 e. The molecule has 6 heteroatoms. The van der Waals surface area contributed by atoms with Crippen molar-refractivity contribution >= 4 is 67.9 Å². The van der Waals surface area contributed by atoms with Gasteiger partial charge in [-0.15, -0.1) is 67.9 Å². The quantitative estimate of drug-likeness (QED) is 0.389. The van der Waals surface area contributed by atoms with Crippen molar-refractivity contribution in [2.45, 2.75) is 0 Å². The van der Waals surface area contributed by atoms with Crippen LogP contribution in [0.25, 0.3) is 0 Å². The minimum Gasteiger partial charge on any atom is -1.00 e. The van der Waals surface area contributed by atoms with Crippen LogP contribution in [0.1, 0.15) is 2.85 Å². The van der Waals surface area contributed by atoms with E-state index < -0.39 is 0 Å². The van der Waals surface area contributed by atoms with Crippen molar-refractivity contribution in [3.05, 3.63) is 0 Å². The van der Waals surface area contributed by atoms with E-state index in [0.717, 1.165) is 0 Å². The van der Waals surface area contributed by atoms with Gasteiger partial charge in [-0.25, -0.2) is 0 Å². The van der Waals surface area contributed by atoms with Crippen LogP contribution in [0.3, 0.4) is 0 Å². The summed E-state index contributed by atoms with van der Waals surface area (Å²) in [5.74, 6) is 0. The Morgan fingerprint density at radius 2 is 0.500 bits per heavy atom. The smallest absolute Gasteiger partial charge is 1.00 e. The van der Waals surface area contributed by atoms with Crippen LogP contribution in [0.4, 0.5) is 0 Å². The van der Waals surface area contributed by atoms with Crippen molar-refractivity contribution in [1.82, 2.24) is 0 Å². The third-order valence-corrected chi connectivity index (χ3v) is 0. The molecule has 0 aliphatic carbocycles. The van der Waals surface area contributed by atoms with Crippen LogP contribution in [-0.4, -0.2) is 0 Å². The number of hydrogen-bond acceptors (Lipinski definition) is 0. The van der Waals surface area contributed by atoms with Crippen LogP contribution in [-0.2, 0) is 0 Å². The van der Waals surface area contributed by atoms with Crippen LogP contribution in [0.2, 0.25) is 0 Å². The van der Waals surface area contributed by atoms with Crippen molar-refractivity contribution in [1.29, 1.82) is 0 Å². The van der Waals surface area contributed by atoms with Crippen molar-refractivity contribution in [2.75, 3.05) is 0 Å². The monoisotopic (exact) mass is 368 g/mol. The molecule has 0 saturated heterocycles. The Kier molecular flexibility index (Phi) is 312. The standard InChI is InChI=1S/4BrH.2Na.2H/h4*1H;;;;/q;;;;2*+1;2*-1. The summed E-state index contributed by atoms with van der Waals surface area (Å²) in [6.45, 7) is 0. The van der Waals surface area contributed by atoms with Gasteiger partial charge in [-0.05, 0) is 0 Å². The zero-order chi connectivity index (χ0) is 0. The molecule has 0 saturated carbocycles. The summed E-state index contributed by atoms with van der Waals surface area (Å²) in [5.41, 5.74) is 0. The van der Waals surface area contributed by atoms with E-state index in [2.05, 4.69) is 0 Å². The molecule has 6 heavy (non-hydrogen) atoms. The Hall–Kier alpha value is 3.92. The fourth-order valence-corrected chi connectivity index (χ4v) is 0. The van der Waals surface area contributed by atoms with Crippen LogP contribution < -0.4 is 59.1 Å². The molecule has 0 fully saturated rings. The topological polar surface area (TPSA) is 0 Å². The third-order valence-electron chi connectivity index (χ3n) is 0. The maximum atomic E-state index is 0. The summed E-state index contributed by atoms with van der Waals surface area (Å²) < 4.78 is 0. The first-order valence-corrected chi connectivity index (χ1v) is 0. The molecule has 0 spiro atoms. The molecule has 0 rings (SSSR count). The van der Waals surface area contributed by atoms with Gasteiger partial charge >= 0.3 is 59.1 Å². The van der Waals surface area contributed by atoms with Crippen molar-refractivity contribution < 1.29 is 62.0 Å². The maximum Gasteiger partial charge on any atom is 1.00 e. The summed E-state index contributed by atoms with van der Waals surface area (Å²) in [6.07, 6.45) is 0. The van der Waals surface area contributed by atoms with Gasteiger partial charge in [0.1, 0.15) is 0 Å². The molecular formula is H6Br4Na2. The number of hydrogen-bond donors (Lipinski definition) is 0. The van der Waals surface area contributed by atoms with Crippen LogP contribution >= 0.6 is 67.9 Å². The molecular weight excluding hydrogens is 366 g/mol. The van der Waals surface area contributed by atoms with Crippen LogP contribution in [0.15, 0.2) is 0 Å². The van der Waals surface area contributed by atoms with Crippen molar-refractivity contribution in [3.63, 3.8) is 0 Å². The second-order valence-corrected chi connectivity index (χ2v) is 0. The van der Waals surface area contributed by atoms with Gasteiger partial charge in [-0.2, -0.15) is 0 Å². The van der Waals surface area contributed by atoms with E-state index in [1.807, 2.05) is 0 Å². The first kappa shape index (κ1) is 51.4. The first-order valence-electron chi connectivity index (χ1n) is 0. The van der Waals surface area contributed by atoms with Gasteiger partial charge in [0.25, 0.3) is 0 Å². The molecule has 0 aliphatic rings. The van der Waals surface area contributed by atoms with E-state index >= 15 is 0 Å². The predicted octanol–water partition coefficient (Wildman–Crippen LogP) is -3.46. The van der Waals surface area contributed by atoms with Gasteiger partial charge in [0.15, 0.2) is 0 Å². The number of rotatable bonds is 0. The predicted molar refractivity (Wildman–Crippen MR) is 43.5 cm³/mol. The summed E-state index contributed by atoms with van der Waals surface area (Å²) >= 11 is 0. The van der Waals surface area contributed by atoms with Gasteiger partial charge in [0.2, 0.25) is 0 Å². The molecule has 0 amide bonds. The first-order chi connectivity index (χ1) is 0. The van der Waals surface area contributed by atoms with Gasteiger partial charge in [0, 0.05) is 0 Å². The second kappa shape index (κ2) is 36.4. The molecule has 0 atom stereocenters. The van der Waals surface area contributed by atoms with Crippen molar-refractivity contribution in [3.8, 4) is 0 Å². The van der Waals surface area contributed by atoms with E-state index in [1.54, 1.807) is 0 Å². The average molecular weight is 372 g/mol. The van der Waals surface area contributed by atoms with Crippen LogP contribution in [0.5, 0.6) is 0 Å². The Morgan fingerprint density at radius 3 is 0.500 bits per heavy atom. The fraction of sp³-hybridized carbons (Fsp3) is 0.